The Bertz CT molecular complexity index is 4220. The van der Waals surface area contributed by atoms with Crippen LogP contribution in [0.2, 0.25) is 0 Å². The predicted molar refractivity (Wildman–Crippen MR) is 298 cm³/mol. The van der Waals surface area contributed by atoms with Gasteiger partial charge in [-0.05, 0) is 139 Å². The Morgan fingerprint density at radius 1 is 0.300 bits per heavy atom. The summed E-state index contributed by atoms with van der Waals surface area (Å²) in [5, 5.41) is 7.57. The summed E-state index contributed by atoms with van der Waals surface area (Å²) >= 11 is 0. The van der Waals surface area contributed by atoms with E-state index in [0.717, 1.165) is 0 Å². The molecule has 10 aromatic carbocycles. The van der Waals surface area contributed by atoms with Gasteiger partial charge in [0, 0.05) is 43.4 Å². The minimum absolute atomic E-state index is 0.139. The summed E-state index contributed by atoms with van der Waals surface area (Å²) < 4.78 is 4.81. The molecule has 0 atom stereocenters. The first-order valence-corrected chi connectivity index (χ1v) is 24.7. The summed E-state index contributed by atoms with van der Waals surface area (Å²) in [4.78, 5) is 0. The number of aromatic nitrogens is 2. The zero-order valence-electron chi connectivity index (χ0n) is 39.8. The number of nitrogens with zero attached hydrogens (tertiary/aromatic N) is 2. The Balaban J connectivity index is 0.761. The zero-order valence-corrected chi connectivity index (χ0v) is 39.8. The van der Waals surface area contributed by atoms with Crippen LogP contribution in [0.4, 0.5) is 0 Å². The van der Waals surface area contributed by atoms with Crippen molar-refractivity contribution in [3.8, 4) is 33.6 Å². The second-order valence-corrected chi connectivity index (χ2v) is 20.6. The van der Waals surface area contributed by atoms with Gasteiger partial charge < -0.3 is 9.13 Å². The monoisotopic (exact) mass is 894 g/mol. The van der Waals surface area contributed by atoms with Crippen molar-refractivity contribution in [2.24, 2.45) is 0 Å². The average molecular weight is 895 g/mol. The molecule has 0 aliphatic heterocycles. The van der Waals surface area contributed by atoms with Gasteiger partial charge in [0.15, 0.2) is 0 Å². The smallest absolute Gasteiger partial charge is 0.0541 e. The molecule has 0 spiro atoms. The summed E-state index contributed by atoms with van der Waals surface area (Å²) in [6, 6.07) is 76.5. The SMILES string of the molecule is CC1(C)c2cc(/C=C/c3ccc4c(c3)c3ccccc3n4-c3ccccc3)ccc2-c2cc3c(cc21)-c1ccc(/C=C/c2ccc4c(c2)c2ccccc2n4-c2cccc4ccccc24)cc1C3(C)C. The second kappa shape index (κ2) is 15.0. The van der Waals surface area contributed by atoms with Crippen molar-refractivity contribution in [2.75, 3.05) is 0 Å². The van der Waals surface area contributed by atoms with Crippen molar-refractivity contribution in [1.29, 1.82) is 0 Å². The molecule has 0 bridgehead atoms. The molecule has 14 rings (SSSR count). The van der Waals surface area contributed by atoms with Gasteiger partial charge in [0.2, 0.25) is 0 Å². The third-order valence-corrected chi connectivity index (χ3v) is 15.9. The Labute approximate surface area is 408 Å². The molecule has 2 aromatic heterocycles. The molecule has 2 aliphatic carbocycles. The number of rotatable bonds is 6. The maximum Gasteiger partial charge on any atom is 0.0541 e. The molecule has 0 saturated heterocycles. The molecule has 12 aromatic rings. The van der Waals surface area contributed by atoms with Gasteiger partial charge in [0.1, 0.15) is 0 Å². The fourth-order valence-corrected chi connectivity index (χ4v) is 12.3. The Hall–Kier alpha value is -8.46. The van der Waals surface area contributed by atoms with E-state index >= 15 is 0 Å². The molecule has 0 saturated carbocycles. The molecule has 0 fully saturated rings. The summed E-state index contributed by atoms with van der Waals surface area (Å²) in [5.41, 5.74) is 22.9. The van der Waals surface area contributed by atoms with E-state index < -0.39 is 0 Å². The Morgan fingerprint density at radius 3 is 1.29 bits per heavy atom. The lowest BCUT2D eigenvalue weighted by atomic mass is 9.79. The molecule has 2 nitrogen and oxygen atoms in total. The molecular weight excluding hydrogens is 845 g/mol. The van der Waals surface area contributed by atoms with Crippen LogP contribution in [0.1, 0.15) is 72.2 Å². The zero-order chi connectivity index (χ0) is 46.9. The van der Waals surface area contributed by atoms with E-state index in [9.17, 15) is 0 Å². The maximum absolute atomic E-state index is 2.52. The molecular formula is C68H50N2. The quantitative estimate of drug-likeness (QED) is 0.147. The lowest BCUT2D eigenvalue weighted by Crippen LogP contribution is -2.17. The van der Waals surface area contributed by atoms with E-state index in [1.807, 2.05) is 0 Å². The van der Waals surface area contributed by atoms with Crippen molar-refractivity contribution in [3.63, 3.8) is 0 Å². The van der Waals surface area contributed by atoms with Gasteiger partial charge in [0.25, 0.3) is 0 Å². The standard InChI is InChI=1S/C68H50N2/c1-67(2)58-39-45(27-25-43-31-35-65-56(37-43)52-20-10-12-22-63(52)69(65)48-17-6-5-7-18-48)29-33-50(58)54-41-61-55(42-60(54)67)51-34-30-46(40-59(51)68(61,3)4)28-26-44-32-36-66-57(38-44)53-21-11-13-23-64(53)70(66)62-24-14-16-47-15-8-9-19-49(47)62/h5-42H,1-4H3/b27-25+,28-26+. The number of hydrogen-bond donors (Lipinski definition) is 0. The van der Waals surface area contributed by atoms with Crippen molar-refractivity contribution < 1.29 is 0 Å². The summed E-state index contributed by atoms with van der Waals surface area (Å²) in [7, 11) is 0. The topological polar surface area (TPSA) is 9.86 Å². The van der Waals surface area contributed by atoms with Crippen LogP contribution < -0.4 is 0 Å². The third-order valence-electron chi connectivity index (χ3n) is 15.9. The summed E-state index contributed by atoms with van der Waals surface area (Å²) in [5.74, 6) is 0. The molecule has 0 amide bonds. The van der Waals surface area contributed by atoms with E-state index in [-0.39, 0.29) is 10.8 Å². The first-order valence-electron chi connectivity index (χ1n) is 24.7. The van der Waals surface area contributed by atoms with Crippen molar-refractivity contribution in [3.05, 3.63) is 251 Å². The third kappa shape index (κ3) is 5.99. The van der Waals surface area contributed by atoms with E-state index in [1.165, 1.54) is 133 Å². The maximum atomic E-state index is 2.52. The number of para-hydroxylation sites is 3. The van der Waals surface area contributed by atoms with Crippen LogP contribution in [0.5, 0.6) is 0 Å². The molecule has 2 aliphatic rings. The van der Waals surface area contributed by atoms with Gasteiger partial charge in [-0.1, -0.05) is 192 Å². The largest absolute Gasteiger partial charge is 0.309 e. The Kier molecular flexibility index (Phi) is 8.71. The minimum atomic E-state index is -0.143. The lowest BCUT2D eigenvalue weighted by molar-refractivity contribution is 0.652. The minimum Gasteiger partial charge on any atom is -0.309 e. The highest BCUT2D eigenvalue weighted by Crippen LogP contribution is 2.56. The highest BCUT2D eigenvalue weighted by atomic mass is 15.0. The lowest BCUT2D eigenvalue weighted by Gasteiger charge is -2.24. The van der Waals surface area contributed by atoms with E-state index in [1.54, 1.807) is 0 Å². The van der Waals surface area contributed by atoms with Crippen LogP contribution in [-0.4, -0.2) is 9.13 Å². The molecule has 70 heavy (non-hydrogen) atoms. The van der Waals surface area contributed by atoms with Crippen LogP contribution in [0.15, 0.2) is 206 Å². The van der Waals surface area contributed by atoms with Gasteiger partial charge in [-0.3, -0.25) is 0 Å². The normalized spacial score (nSPS) is 14.4. The number of fused-ring (bicyclic) bond motifs is 13. The van der Waals surface area contributed by atoms with Crippen LogP contribution >= 0.6 is 0 Å². The second-order valence-electron chi connectivity index (χ2n) is 20.6. The summed E-state index contributed by atoms with van der Waals surface area (Å²) in [6.45, 7) is 9.62. The average Bonchev–Trinajstić information content (AvgIpc) is 4.05. The molecule has 332 valence electrons. The van der Waals surface area contributed by atoms with Gasteiger partial charge in [-0.25, -0.2) is 0 Å². The van der Waals surface area contributed by atoms with Crippen LogP contribution in [0.25, 0.3) is 112 Å². The van der Waals surface area contributed by atoms with E-state index in [2.05, 4.69) is 267 Å². The van der Waals surface area contributed by atoms with Crippen LogP contribution in [0, 0.1) is 0 Å². The highest BCUT2D eigenvalue weighted by Gasteiger charge is 2.41. The Morgan fingerprint density at radius 2 is 0.714 bits per heavy atom. The highest BCUT2D eigenvalue weighted by molar-refractivity contribution is 6.12. The van der Waals surface area contributed by atoms with Crippen molar-refractivity contribution in [1.82, 2.24) is 9.13 Å². The van der Waals surface area contributed by atoms with Gasteiger partial charge in [-0.2, -0.15) is 0 Å². The number of hydrogen-bond acceptors (Lipinski definition) is 0. The molecule has 2 heterocycles. The van der Waals surface area contributed by atoms with Gasteiger partial charge >= 0.3 is 0 Å². The molecule has 0 radical (unpaired) electrons. The van der Waals surface area contributed by atoms with E-state index in [4.69, 9.17) is 0 Å². The van der Waals surface area contributed by atoms with Gasteiger partial charge in [0.05, 0.1) is 27.8 Å². The molecule has 0 unspecified atom stereocenters. The molecule has 0 N–H and O–H groups in total. The van der Waals surface area contributed by atoms with Crippen LogP contribution in [-0.2, 0) is 10.8 Å². The fourth-order valence-electron chi connectivity index (χ4n) is 12.3. The fraction of sp³-hybridized carbons (Fsp3) is 0.0882. The van der Waals surface area contributed by atoms with Gasteiger partial charge in [-0.15, -0.1) is 0 Å². The summed E-state index contributed by atoms with van der Waals surface area (Å²) in [6.07, 6.45) is 9.13. The molecule has 2 heteroatoms. The number of benzene rings is 10. The first kappa shape index (κ1) is 40.6. The first-order chi connectivity index (χ1) is 34.2. The predicted octanol–water partition coefficient (Wildman–Crippen LogP) is 18.0. The van der Waals surface area contributed by atoms with E-state index in [0.29, 0.717) is 0 Å². The van der Waals surface area contributed by atoms with Crippen molar-refractivity contribution >= 4 is 78.7 Å². The van der Waals surface area contributed by atoms with Crippen LogP contribution in [0.3, 0.4) is 0 Å². The van der Waals surface area contributed by atoms with Crippen molar-refractivity contribution in [2.45, 2.75) is 38.5 Å².